The molecule has 5 nitrogen and oxygen atoms in total. The topological polar surface area (TPSA) is 81.2 Å². The van der Waals surface area contributed by atoms with Crippen LogP contribution in [0.3, 0.4) is 0 Å². The van der Waals surface area contributed by atoms with Gasteiger partial charge in [-0.05, 0) is 37.3 Å². The lowest BCUT2D eigenvalue weighted by Gasteiger charge is -2.03. The third kappa shape index (κ3) is 2.56. The molecule has 1 saturated carbocycles. The van der Waals surface area contributed by atoms with Crippen LogP contribution in [0.1, 0.15) is 35.0 Å². The highest BCUT2D eigenvalue weighted by molar-refractivity contribution is 7.15. The third-order valence-electron chi connectivity index (χ3n) is 3.44. The lowest BCUT2D eigenvalue weighted by Crippen LogP contribution is -2.26. The fraction of sp³-hybridized carbons (Fsp3) is 0.429. The minimum absolute atomic E-state index is 0.0831. The number of amides is 1. The first kappa shape index (κ1) is 13.2. The molecule has 2 heterocycles. The Bertz CT molecular complexity index is 628. The molecule has 2 aromatic rings. The molecular formula is C14H17N3O2S. The number of anilines is 1. The van der Waals surface area contributed by atoms with E-state index in [2.05, 4.69) is 17.4 Å². The molecule has 3 rings (SSSR count). The zero-order chi connectivity index (χ0) is 14.1. The number of carbonyl (C=O) groups is 1. The molecule has 0 aromatic carbocycles. The van der Waals surface area contributed by atoms with Crippen molar-refractivity contribution in [2.75, 3.05) is 12.3 Å². The number of aryl methyl sites for hydroxylation is 1. The van der Waals surface area contributed by atoms with Crippen molar-refractivity contribution < 1.29 is 9.32 Å². The molecule has 1 aliphatic carbocycles. The Labute approximate surface area is 121 Å². The van der Waals surface area contributed by atoms with Crippen LogP contribution >= 0.6 is 11.3 Å². The molecule has 0 spiro atoms. The number of nitrogens with zero attached hydrogens (tertiary/aromatic N) is 1. The van der Waals surface area contributed by atoms with Crippen molar-refractivity contribution in [2.24, 2.45) is 5.92 Å². The van der Waals surface area contributed by atoms with Crippen LogP contribution < -0.4 is 11.1 Å². The summed E-state index contributed by atoms with van der Waals surface area (Å²) in [6.07, 6.45) is 3.34. The predicted molar refractivity (Wildman–Crippen MR) is 78.7 cm³/mol. The van der Waals surface area contributed by atoms with Crippen molar-refractivity contribution in [1.29, 1.82) is 0 Å². The molecule has 1 aliphatic rings. The monoisotopic (exact) mass is 291 g/mol. The van der Waals surface area contributed by atoms with Gasteiger partial charge in [0.15, 0.2) is 0 Å². The second-order valence-corrected chi connectivity index (χ2v) is 6.21. The summed E-state index contributed by atoms with van der Waals surface area (Å²) in [6, 6.07) is 4.00. The smallest absolute Gasteiger partial charge is 0.259 e. The van der Waals surface area contributed by atoms with E-state index in [-0.39, 0.29) is 11.8 Å². The highest BCUT2D eigenvalue weighted by Gasteiger charge is 2.26. The molecular weight excluding hydrogens is 274 g/mol. The van der Waals surface area contributed by atoms with Gasteiger partial charge in [-0.15, -0.1) is 11.3 Å². The summed E-state index contributed by atoms with van der Waals surface area (Å²) in [4.78, 5) is 14.4. The molecule has 2 aromatic heterocycles. The molecule has 3 N–H and O–H groups in total. The van der Waals surface area contributed by atoms with E-state index >= 15 is 0 Å². The largest absolute Gasteiger partial charge is 0.367 e. The van der Waals surface area contributed by atoms with Crippen LogP contribution in [-0.2, 0) is 6.42 Å². The molecule has 20 heavy (non-hydrogen) atoms. The van der Waals surface area contributed by atoms with Gasteiger partial charge in [0.25, 0.3) is 5.91 Å². The van der Waals surface area contributed by atoms with Gasteiger partial charge >= 0.3 is 0 Å². The number of hydrogen-bond donors (Lipinski definition) is 2. The average molecular weight is 291 g/mol. The van der Waals surface area contributed by atoms with Crippen molar-refractivity contribution in [2.45, 2.75) is 26.2 Å². The van der Waals surface area contributed by atoms with Crippen LogP contribution in [0.15, 0.2) is 16.7 Å². The summed E-state index contributed by atoms with van der Waals surface area (Å²) in [5.74, 6) is 0.508. The Hall–Kier alpha value is -1.82. The van der Waals surface area contributed by atoms with Crippen LogP contribution in [-0.4, -0.2) is 17.6 Å². The molecule has 0 saturated heterocycles. The Morgan fingerprint density at radius 3 is 3.00 bits per heavy atom. The van der Waals surface area contributed by atoms with Crippen LogP contribution in [0, 0.1) is 5.92 Å². The third-order valence-corrected chi connectivity index (χ3v) is 4.67. The Kier molecular flexibility index (Phi) is 3.48. The minimum atomic E-state index is -0.197. The van der Waals surface area contributed by atoms with E-state index in [4.69, 9.17) is 10.3 Å². The van der Waals surface area contributed by atoms with Gasteiger partial charge < -0.3 is 15.6 Å². The maximum Gasteiger partial charge on any atom is 0.259 e. The number of aromatic nitrogens is 1. The molecule has 0 radical (unpaired) electrons. The van der Waals surface area contributed by atoms with E-state index in [1.807, 2.05) is 12.1 Å². The molecule has 0 aliphatic heterocycles. The van der Waals surface area contributed by atoms with Gasteiger partial charge in [-0.25, -0.2) is 0 Å². The second kappa shape index (κ2) is 5.28. The fourth-order valence-electron chi connectivity index (χ4n) is 2.03. The van der Waals surface area contributed by atoms with Crippen LogP contribution in [0.25, 0.3) is 10.6 Å². The quantitative estimate of drug-likeness (QED) is 0.887. The van der Waals surface area contributed by atoms with Crippen LogP contribution in [0.5, 0.6) is 0 Å². The Morgan fingerprint density at radius 1 is 1.55 bits per heavy atom. The molecule has 6 heteroatoms. The summed E-state index contributed by atoms with van der Waals surface area (Å²) >= 11 is 1.61. The van der Waals surface area contributed by atoms with Gasteiger partial charge in [0.05, 0.1) is 4.88 Å². The lowest BCUT2D eigenvalue weighted by atomic mass is 10.2. The van der Waals surface area contributed by atoms with E-state index in [0.29, 0.717) is 23.7 Å². The number of nitrogens with one attached hydrogen (secondary N) is 1. The zero-order valence-electron chi connectivity index (χ0n) is 11.3. The fourth-order valence-corrected chi connectivity index (χ4v) is 2.97. The highest BCUT2D eigenvalue weighted by Crippen LogP contribution is 2.33. The van der Waals surface area contributed by atoms with Crippen molar-refractivity contribution in [3.8, 4) is 10.6 Å². The van der Waals surface area contributed by atoms with Gasteiger partial charge in [0, 0.05) is 11.4 Å². The van der Waals surface area contributed by atoms with Crippen molar-refractivity contribution in [3.05, 3.63) is 22.6 Å². The summed E-state index contributed by atoms with van der Waals surface area (Å²) in [7, 11) is 0. The van der Waals surface area contributed by atoms with Gasteiger partial charge in [-0.1, -0.05) is 12.1 Å². The number of nitrogen functional groups attached to an aromatic ring is 1. The first-order valence-corrected chi connectivity index (χ1v) is 7.63. The first-order valence-electron chi connectivity index (χ1n) is 6.81. The SMILES string of the molecule is CCc1ccc(-c2noc(N)c2C(=O)NCC2CC2)s1. The number of carbonyl (C=O) groups excluding carboxylic acids is 1. The Morgan fingerprint density at radius 2 is 2.35 bits per heavy atom. The summed E-state index contributed by atoms with van der Waals surface area (Å²) in [6.45, 7) is 2.80. The van der Waals surface area contributed by atoms with Gasteiger partial charge in [-0.2, -0.15) is 0 Å². The van der Waals surface area contributed by atoms with Crippen molar-refractivity contribution >= 4 is 23.1 Å². The van der Waals surface area contributed by atoms with Crippen LogP contribution in [0.4, 0.5) is 5.88 Å². The standard InChI is InChI=1S/C14H17N3O2S/c1-2-9-5-6-10(20-9)12-11(13(15)19-17-12)14(18)16-7-8-3-4-8/h5-6,8H,2-4,7,15H2,1H3,(H,16,18). The van der Waals surface area contributed by atoms with Crippen molar-refractivity contribution in [1.82, 2.24) is 10.5 Å². The number of hydrogen-bond acceptors (Lipinski definition) is 5. The van der Waals surface area contributed by atoms with E-state index in [9.17, 15) is 4.79 Å². The maximum atomic E-state index is 12.2. The molecule has 106 valence electrons. The van der Waals surface area contributed by atoms with Crippen LogP contribution in [0.2, 0.25) is 0 Å². The highest BCUT2D eigenvalue weighted by atomic mass is 32.1. The lowest BCUT2D eigenvalue weighted by molar-refractivity contribution is 0.0953. The summed E-state index contributed by atoms with van der Waals surface area (Å²) in [5, 5.41) is 6.85. The maximum absolute atomic E-state index is 12.2. The zero-order valence-corrected chi connectivity index (χ0v) is 12.1. The van der Waals surface area contributed by atoms with E-state index in [0.717, 1.165) is 11.3 Å². The van der Waals surface area contributed by atoms with Gasteiger partial charge in [-0.3, -0.25) is 4.79 Å². The van der Waals surface area contributed by atoms with E-state index in [1.54, 1.807) is 11.3 Å². The van der Waals surface area contributed by atoms with E-state index < -0.39 is 0 Å². The molecule has 1 fully saturated rings. The van der Waals surface area contributed by atoms with Gasteiger partial charge in [0.2, 0.25) is 5.88 Å². The summed E-state index contributed by atoms with van der Waals surface area (Å²) < 4.78 is 5.01. The number of rotatable bonds is 5. The molecule has 0 unspecified atom stereocenters. The predicted octanol–water partition coefficient (Wildman–Crippen LogP) is 2.69. The first-order chi connectivity index (χ1) is 9.69. The average Bonchev–Trinajstić information content (AvgIpc) is 3.01. The van der Waals surface area contributed by atoms with E-state index in [1.165, 1.54) is 17.7 Å². The molecule has 0 atom stereocenters. The van der Waals surface area contributed by atoms with Crippen molar-refractivity contribution in [3.63, 3.8) is 0 Å². The summed E-state index contributed by atoms with van der Waals surface area (Å²) in [5.41, 5.74) is 6.65. The normalized spacial score (nSPS) is 14.4. The molecule has 0 bridgehead atoms. The minimum Gasteiger partial charge on any atom is -0.367 e. The van der Waals surface area contributed by atoms with Gasteiger partial charge in [0.1, 0.15) is 11.3 Å². The second-order valence-electron chi connectivity index (χ2n) is 5.04. The Balaban J connectivity index is 1.85. The number of thiophene rings is 1. The molecule has 1 amide bonds. The number of nitrogens with two attached hydrogens (primary N) is 1.